The van der Waals surface area contributed by atoms with E-state index in [0.29, 0.717) is 0 Å². The standard InChI is InChI=1S/C25H39N3O16/c26-12-15(33)18(10(5-29)39-22(12)38)41-23-13(27)16(34)19(11(6-30)40-23)42-24-14(28)17(35)20(36)25(7-31,44-24)43-21(37)8-3-1-2-4-9(8)32/h1-4,10-20,22-24,29-36,38H,5-7,26-28H2/t10-,11-,12-,13-,14-,15-,16-,17-,18?,19?,20+,22-,23+,24+,25+/m1/s1. The predicted octanol–water partition coefficient (Wildman–Crippen LogP) is -6.78. The highest BCUT2D eigenvalue weighted by Gasteiger charge is 2.58. The van der Waals surface area contributed by atoms with Crippen molar-refractivity contribution in [2.45, 2.75) is 91.6 Å². The minimum absolute atomic E-state index is 0.362. The smallest absolute Gasteiger partial charge is 0.344 e. The van der Waals surface area contributed by atoms with Crippen LogP contribution >= 0.6 is 0 Å². The van der Waals surface area contributed by atoms with E-state index in [2.05, 4.69) is 0 Å². The van der Waals surface area contributed by atoms with Gasteiger partial charge in [0, 0.05) is 0 Å². The number of phenols is 1. The van der Waals surface area contributed by atoms with Gasteiger partial charge in [-0.3, -0.25) is 0 Å². The number of hydrogen-bond acceptors (Lipinski definition) is 19. The second-order valence-corrected chi connectivity index (χ2v) is 10.7. The number of nitrogens with two attached hydrogens (primary N) is 3. The summed E-state index contributed by atoms with van der Waals surface area (Å²) in [5.74, 6) is -4.42. The van der Waals surface area contributed by atoms with Crippen LogP contribution in [0.25, 0.3) is 0 Å². The van der Waals surface area contributed by atoms with Crippen molar-refractivity contribution in [3.8, 4) is 5.75 Å². The van der Waals surface area contributed by atoms with E-state index in [1.165, 1.54) is 24.3 Å². The zero-order chi connectivity index (χ0) is 32.5. The molecule has 19 nitrogen and oxygen atoms in total. The van der Waals surface area contributed by atoms with Crippen LogP contribution in [0.1, 0.15) is 10.4 Å². The molecule has 0 radical (unpaired) electrons. The lowest BCUT2D eigenvalue weighted by Crippen LogP contribution is -2.72. The largest absolute Gasteiger partial charge is 0.507 e. The zero-order valence-electron chi connectivity index (χ0n) is 23.1. The number of para-hydroxylation sites is 1. The molecule has 3 saturated heterocycles. The average Bonchev–Trinajstić information content (AvgIpc) is 3.01. The molecule has 3 aliphatic rings. The molecule has 0 saturated carbocycles. The quantitative estimate of drug-likeness (QED) is 0.112. The van der Waals surface area contributed by atoms with Gasteiger partial charge in [0.2, 0.25) is 0 Å². The monoisotopic (exact) mass is 637 g/mol. The molecule has 250 valence electrons. The Morgan fingerprint density at radius 3 is 1.93 bits per heavy atom. The number of esters is 1. The third-order valence-electron chi connectivity index (χ3n) is 7.81. The van der Waals surface area contributed by atoms with Gasteiger partial charge in [0.1, 0.15) is 66.8 Å². The maximum atomic E-state index is 12.8. The number of aliphatic hydroxyl groups is 8. The van der Waals surface area contributed by atoms with Crippen molar-refractivity contribution in [3.05, 3.63) is 29.8 Å². The first kappa shape index (κ1) is 34.7. The van der Waals surface area contributed by atoms with Gasteiger partial charge in [-0.2, -0.15) is 0 Å². The molecule has 1 aromatic rings. The molecular formula is C25H39N3O16. The molecule has 44 heavy (non-hydrogen) atoms. The minimum Gasteiger partial charge on any atom is -0.507 e. The van der Waals surface area contributed by atoms with Crippen LogP contribution in [-0.2, 0) is 28.4 Å². The second kappa shape index (κ2) is 14.1. The third kappa shape index (κ3) is 6.55. The van der Waals surface area contributed by atoms with Crippen molar-refractivity contribution in [3.63, 3.8) is 0 Å². The lowest BCUT2D eigenvalue weighted by atomic mass is 9.93. The van der Waals surface area contributed by atoms with Gasteiger partial charge in [0.15, 0.2) is 18.9 Å². The van der Waals surface area contributed by atoms with Gasteiger partial charge < -0.3 is 91.6 Å². The average molecular weight is 638 g/mol. The van der Waals surface area contributed by atoms with E-state index in [1.807, 2.05) is 0 Å². The van der Waals surface area contributed by atoms with Crippen LogP contribution in [0.5, 0.6) is 5.75 Å². The molecule has 19 heteroatoms. The Morgan fingerprint density at radius 2 is 1.34 bits per heavy atom. The van der Waals surface area contributed by atoms with E-state index in [0.717, 1.165) is 0 Å². The molecule has 1 aromatic carbocycles. The summed E-state index contributed by atoms with van der Waals surface area (Å²) in [4.78, 5) is 12.8. The molecule has 3 fully saturated rings. The molecule has 2 unspecified atom stereocenters. The Kier molecular flexibility index (Phi) is 11.1. The van der Waals surface area contributed by atoms with Gasteiger partial charge in [0.05, 0.1) is 31.3 Å². The summed E-state index contributed by atoms with van der Waals surface area (Å²) < 4.78 is 33.0. The van der Waals surface area contributed by atoms with Gasteiger partial charge in [-0.05, 0) is 12.1 Å². The van der Waals surface area contributed by atoms with Crippen LogP contribution in [0, 0.1) is 0 Å². The molecule has 0 spiro atoms. The number of rotatable bonds is 9. The Hall–Kier alpha value is -2.15. The number of carbonyl (C=O) groups is 1. The fourth-order valence-electron chi connectivity index (χ4n) is 5.16. The van der Waals surface area contributed by atoms with Crippen molar-refractivity contribution in [1.29, 1.82) is 0 Å². The van der Waals surface area contributed by atoms with Gasteiger partial charge in [0.25, 0.3) is 5.79 Å². The lowest BCUT2D eigenvalue weighted by Gasteiger charge is -2.50. The Balaban J connectivity index is 1.52. The first-order valence-corrected chi connectivity index (χ1v) is 13.6. The Bertz CT molecular complexity index is 1120. The highest BCUT2D eigenvalue weighted by molar-refractivity contribution is 5.92. The molecule has 0 amide bonds. The van der Waals surface area contributed by atoms with Gasteiger partial charge >= 0.3 is 5.97 Å². The molecule has 4 rings (SSSR count). The van der Waals surface area contributed by atoms with Crippen LogP contribution in [0.3, 0.4) is 0 Å². The van der Waals surface area contributed by atoms with Crippen molar-refractivity contribution in [1.82, 2.24) is 0 Å². The van der Waals surface area contributed by atoms with E-state index in [9.17, 15) is 50.8 Å². The van der Waals surface area contributed by atoms with Crippen LogP contribution in [0.15, 0.2) is 24.3 Å². The molecule has 15 atom stereocenters. The van der Waals surface area contributed by atoms with Gasteiger partial charge in [-0.1, -0.05) is 12.1 Å². The first-order chi connectivity index (χ1) is 20.8. The third-order valence-corrected chi connectivity index (χ3v) is 7.81. The van der Waals surface area contributed by atoms with E-state index in [4.69, 9.17) is 45.6 Å². The number of aromatic hydroxyl groups is 1. The lowest BCUT2D eigenvalue weighted by molar-refractivity contribution is -0.396. The molecule has 15 N–H and O–H groups in total. The fourth-order valence-corrected chi connectivity index (χ4v) is 5.16. The first-order valence-electron chi connectivity index (χ1n) is 13.6. The van der Waals surface area contributed by atoms with E-state index in [-0.39, 0.29) is 5.56 Å². The minimum atomic E-state index is -2.68. The molecule has 0 aliphatic carbocycles. The molecule has 3 aliphatic heterocycles. The number of benzene rings is 1. The SMILES string of the molecule is N[C@H]1[C@@H](OC2[C@@H](CO)O[C@@H](OC3[C@@H](CO)O[C@@H](O)[C@H](N)[C@H]3O)[C@H](N)[C@H]2O)O[C@](CO)(OC(=O)c2ccccc2O)[C@@H](O)[C@@H]1O. The van der Waals surface area contributed by atoms with Crippen LogP contribution in [0.4, 0.5) is 0 Å². The number of phenolic OH excluding ortho intramolecular Hbond substituents is 1. The zero-order valence-corrected chi connectivity index (χ0v) is 23.1. The molecule has 3 heterocycles. The summed E-state index contributed by atoms with van der Waals surface area (Å²) in [6, 6.07) is 0.799. The van der Waals surface area contributed by atoms with Crippen molar-refractivity contribution in [2.24, 2.45) is 17.2 Å². The van der Waals surface area contributed by atoms with E-state index in [1.54, 1.807) is 0 Å². The summed E-state index contributed by atoms with van der Waals surface area (Å²) in [5.41, 5.74) is 17.5. The van der Waals surface area contributed by atoms with E-state index >= 15 is 0 Å². The van der Waals surface area contributed by atoms with E-state index < -0.39 is 123 Å². The molecule has 0 aromatic heterocycles. The number of carbonyl (C=O) groups excluding carboxylic acids is 1. The normalized spacial score (nSPS) is 44.7. The van der Waals surface area contributed by atoms with Crippen LogP contribution < -0.4 is 17.2 Å². The van der Waals surface area contributed by atoms with Crippen LogP contribution in [-0.4, -0.2) is 163 Å². The maximum absolute atomic E-state index is 12.8. The number of hydrogen-bond donors (Lipinski definition) is 12. The number of ether oxygens (including phenoxy) is 6. The molecule has 0 bridgehead atoms. The topological polar surface area (TPSA) is 333 Å². The number of aliphatic hydroxyl groups excluding tert-OH is 8. The summed E-state index contributed by atoms with van der Waals surface area (Å²) >= 11 is 0. The fraction of sp³-hybridized carbons (Fsp3) is 0.720. The summed E-state index contributed by atoms with van der Waals surface area (Å²) in [6.07, 6.45) is -18.1. The highest BCUT2D eigenvalue weighted by Crippen LogP contribution is 2.35. The summed E-state index contributed by atoms with van der Waals surface area (Å²) in [7, 11) is 0. The van der Waals surface area contributed by atoms with Gasteiger partial charge in [-0.25, -0.2) is 4.79 Å². The Labute approximate surface area is 249 Å². The Morgan fingerprint density at radius 1 is 0.795 bits per heavy atom. The van der Waals surface area contributed by atoms with Crippen molar-refractivity contribution < 1.29 is 79.2 Å². The van der Waals surface area contributed by atoms with Gasteiger partial charge in [-0.15, -0.1) is 0 Å². The summed E-state index contributed by atoms with van der Waals surface area (Å²) in [6.45, 7) is -2.77. The highest BCUT2D eigenvalue weighted by atomic mass is 16.8. The van der Waals surface area contributed by atoms with Crippen molar-refractivity contribution >= 4 is 5.97 Å². The maximum Gasteiger partial charge on any atom is 0.344 e. The van der Waals surface area contributed by atoms with Crippen molar-refractivity contribution in [2.75, 3.05) is 19.8 Å². The van der Waals surface area contributed by atoms with Crippen LogP contribution in [0.2, 0.25) is 0 Å². The second-order valence-electron chi connectivity index (χ2n) is 10.7. The molecular weight excluding hydrogens is 598 g/mol. The summed E-state index contributed by atoms with van der Waals surface area (Å²) in [5, 5.41) is 92.6. The predicted molar refractivity (Wildman–Crippen MR) is 140 cm³/mol.